The highest BCUT2D eigenvalue weighted by Crippen LogP contribution is 2.38. The number of carbonyl (C=O) groups excluding carboxylic acids is 1. The molecule has 1 atom stereocenters. The van der Waals surface area contributed by atoms with E-state index in [1.54, 1.807) is 6.20 Å². The van der Waals surface area contributed by atoms with Gasteiger partial charge in [0, 0.05) is 44.3 Å². The van der Waals surface area contributed by atoms with E-state index in [1.165, 1.54) is 11.3 Å². The Morgan fingerprint density at radius 2 is 1.78 bits per heavy atom. The minimum atomic E-state index is -0.789. The van der Waals surface area contributed by atoms with Crippen molar-refractivity contribution in [3.8, 4) is 0 Å². The van der Waals surface area contributed by atoms with Gasteiger partial charge in [0.05, 0.1) is 17.6 Å². The molecule has 0 bridgehead atoms. The minimum Gasteiger partial charge on any atom is -0.384 e. The van der Waals surface area contributed by atoms with Crippen molar-refractivity contribution in [1.82, 2.24) is 9.88 Å². The number of amides is 1. The number of benzene rings is 1. The summed E-state index contributed by atoms with van der Waals surface area (Å²) < 4.78 is 0. The van der Waals surface area contributed by atoms with Crippen LogP contribution in [0.5, 0.6) is 0 Å². The Kier molecular flexibility index (Phi) is 5.91. The van der Waals surface area contributed by atoms with E-state index in [-0.39, 0.29) is 11.8 Å². The summed E-state index contributed by atoms with van der Waals surface area (Å²) in [6.07, 6.45) is 7.05. The van der Waals surface area contributed by atoms with Gasteiger partial charge in [-0.2, -0.15) is 0 Å². The van der Waals surface area contributed by atoms with Crippen molar-refractivity contribution in [1.29, 1.82) is 0 Å². The van der Waals surface area contributed by atoms with Gasteiger partial charge in [-0.15, -0.1) is 0 Å². The maximum atomic E-state index is 13.3. The molecule has 1 aliphatic carbocycles. The highest BCUT2D eigenvalue weighted by atomic mass is 16.3. The number of para-hydroxylation sites is 1. The first-order valence-electron chi connectivity index (χ1n) is 12.1. The Morgan fingerprint density at radius 3 is 2.50 bits per heavy atom. The van der Waals surface area contributed by atoms with Crippen LogP contribution in [0.3, 0.4) is 0 Å². The molecule has 1 aromatic heterocycles. The quantitative estimate of drug-likeness (QED) is 0.785. The minimum absolute atomic E-state index is 0.00214. The summed E-state index contributed by atoms with van der Waals surface area (Å²) in [6.45, 7) is 4.93. The fourth-order valence-corrected chi connectivity index (χ4v) is 5.53. The number of carbonyl (C=O) groups is 1. The summed E-state index contributed by atoms with van der Waals surface area (Å²) in [5, 5.41) is 10.8. The molecule has 32 heavy (non-hydrogen) atoms. The fourth-order valence-electron chi connectivity index (χ4n) is 5.53. The van der Waals surface area contributed by atoms with Crippen LogP contribution in [0.1, 0.15) is 43.4 Å². The average Bonchev–Trinajstić information content (AvgIpc) is 3.42. The molecule has 1 N–H and O–H groups in total. The highest BCUT2D eigenvalue weighted by Gasteiger charge is 2.36. The van der Waals surface area contributed by atoms with Crippen LogP contribution < -0.4 is 9.80 Å². The average molecular weight is 434 g/mol. The second-order valence-corrected chi connectivity index (χ2v) is 9.74. The molecule has 2 aromatic rings. The third-order valence-corrected chi connectivity index (χ3v) is 7.59. The molecule has 2 saturated heterocycles. The van der Waals surface area contributed by atoms with Gasteiger partial charge in [-0.05, 0) is 56.5 Å². The molecular formula is C26H34N4O2. The Labute approximate surface area is 190 Å². The first-order chi connectivity index (χ1) is 15.5. The summed E-state index contributed by atoms with van der Waals surface area (Å²) in [6, 6.07) is 12.4. The van der Waals surface area contributed by atoms with Crippen molar-refractivity contribution in [2.45, 2.75) is 44.1 Å². The van der Waals surface area contributed by atoms with Gasteiger partial charge in [0.2, 0.25) is 5.91 Å². The van der Waals surface area contributed by atoms with E-state index in [0.29, 0.717) is 0 Å². The van der Waals surface area contributed by atoms with Gasteiger partial charge in [0.1, 0.15) is 5.60 Å². The van der Waals surface area contributed by atoms with Crippen LogP contribution in [-0.2, 0) is 16.8 Å². The summed E-state index contributed by atoms with van der Waals surface area (Å²) in [7, 11) is 2.17. The van der Waals surface area contributed by atoms with E-state index in [0.717, 1.165) is 82.6 Å². The van der Waals surface area contributed by atoms with Crippen molar-refractivity contribution in [2.24, 2.45) is 5.92 Å². The largest absolute Gasteiger partial charge is 0.384 e. The van der Waals surface area contributed by atoms with Crippen LogP contribution >= 0.6 is 0 Å². The molecule has 3 aliphatic rings. The number of hydrogen-bond acceptors (Lipinski definition) is 5. The number of likely N-dealkylation sites (N-methyl/N-ethyl adjacent to an activating group) is 1. The molecule has 6 nitrogen and oxygen atoms in total. The van der Waals surface area contributed by atoms with Crippen molar-refractivity contribution < 1.29 is 9.90 Å². The van der Waals surface area contributed by atoms with E-state index >= 15 is 0 Å². The lowest BCUT2D eigenvalue weighted by atomic mass is 9.96. The molecule has 1 aromatic carbocycles. The SMILES string of the molecule is [11CH3]N1CCN(c2ccccc2CC2CCN(c3ccc(C4(O)CCCC4)nc3)C2=O)CC1. The standard InChI is InChI=1S/C26H34N4O2/c1-28-14-16-29(17-15-28)23-7-3-2-6-20(23)18-21-10-13-30(25(21)31)22-8-9-24(27-19-22)26(32)11-4-5-12-26/h2-3,6-9,19,21,32H,4-5,10-18H2,1H3/i1-1. The van der Waals surface area contributed by atoms with Gasteiger partial charge in [-0.1, -0.05) is 31.0 Å². The van der Waals surface area contributed by atoms with Crippen LogP contribution in [0.4, 0.5) is 11.4 Å². The van der Waals surface area contributed by atoms with Gasteiger partial charge in [0.25, 0.3) is 0 Å². The topological polar surface area (TPSA) is 59.9 Å². The van der Waals surface area contributed by atoms with Gasteiger partial charge in [-0.25, -0.2) is 0 Å². The molecule has 2 aliphatic heterocycles. The van der Waals surface area contributed by atoms with Crippen LogP contribution in [0.2, 0.25) is 0 Å². The van der Waals surface area contributed by atoms with E-state index in [9.17, 15) is 9.90 Å². The molecule has 3 fully saturated rings. The molecule has 0 radical (unpaired) electrons. The molecule has 0 spiro atoms. The Morgan fingerprint density at radius 1 is 1.03 bits per heavy atom. The normalized spacial score (nSPS) is 23.8. The lowest BCUT2D eigenvalue weighted by Crippen LogP contribution is -2.44. The zero-order valence-electron chi connectivity index (χ0n) is 19.0. The summed E-state index contributed by atoms with van der Waals surface area (Å²) in [4.78, 5) is 24.5. The first-order valence-corrected chi connectivity index (χ1v) is 12.1. The zero-order valence-corrected chi connectivity index (χ0v) is 19.0. The molecule has 1 amide bonds. The Hall–Kier alpha value is -2.44. The lowest BCUT2D eigenvalue weighted by Gasteiger charge is -2.35. The van der Waals surface area contributed by atoms with Crippen molar-refractivity contribution in [3.05, 3.63) is 53.9 Å². The number of aliphatic hydroxyl groups is 1. The molecule has 3 heterocycles. The molecule has 1 saturated carbocycles. The fraction of sp³-hybridized carbons (Fsp3) is 0.538. The van der Waals surface area contributed by atoms with Crippen LogP contribution in [0.15, 0.2) is 42.6 Å². The molecule has 5 rings (SSSR count). The molecule has 1 unspecified atom stereocenters. The van der Waals surface area contributed by atoms with Crippen molar-refractivity contribution in [2.75, 3.05) is 49.6 Å². The predicted molar refractivity (Wildman–Crippen MR) is 127 cm³/mol. The van der Waals surface area contributed by atoms with Gasteiger partial charge >= 0.3 is 0 Å². The number of rotatable bonds is 5. The summed E-state index contributed by atoms with van der Waals surface area (Å²) in [5.74, 6) is 0.189. The smallest absolute Gasteiger partial charge is 0.230 e. The maximum absolute atomic E-state index is 13.3. The lowest BCUT2D eigenvalue weighted by molar-refractivity contribution is -0.120. The van der Waals surface area contributed by atoms with Gasteiger partial charge in [-0.3, -0.25) is 9.78 Å². The number of piperazine rings is 1. The monoisotopic (exact) mass is 433 g/mol. The van der Waals surface area contributed by atoms with E-state index in [4.69, 9.17) is 0 Å². The van der Waals surface area contributed by atoms with Crippen LogP contribution in [0, 0.1) is 5.92 Å². The second kappa shape index (κ2) is 8.83. The maximum Gasteiger partial charge on any atom is 0.230 e. The number of nitrogens with zero attached hydrogens (tertiary/aromatic N) is 4. The van der Waals surface area contributed by atoms with Crippen LogP contribution in [-0.4, -0.2) is 60.7 Å². The molecule has 6 heteroatoms. The zero-order chi connectivity index (χ0) is 22.1. The second-order valence-electron chi connectivity index (χ2n) is 9.74. The number of anilines is 2. The van der Waals surface area contributed by atoms with Crippen molar-refractivity contribution >= 4 is 17.3 Å². The first kappa shape index (κ1) is 21.4. The van der Waals surface area contributed by atoms with Gasteiger partial charge < -0.3 is 19.8 Å². The van der Waals surface area contributed by atoms with E-state index in [2.05, 4.69) is 46.1 Å². The Bertz CT molecular complexity index is 947. The molecular weight excluding hydrogens is 399 g/mol. The van der Waals surface area contributed by atoms with E-state index < -0.39 is 5.60 Å². The number of aromatic nitrogens is 1. The summed E-state index contributed by atoms with van der Waals surface area (Å²) in [5.41, 5.74) is 3.35. The predicted octanol–water partition coefficient (Wildman–Crippen LogP) is 3.19. The van der Waals surface area contributed by atoms with Gasteiger partial charge in [0.15, 0.2) is 0 Å². The van der Waals surface area contributed by atoms with Crippen LogP contribution in [0.25, 0.3) is 0 Å². The summed E-state index contributed by atoms with van der Waals surface area (Å²) >= 11 is 0. The third kappa shape index (κ3) is 4.14. The Balaban J connectivity index is 1.27. The number of hydrogen-bond donors (Lipinski definition) is 1. The van der Waals surface area contributed by atoms with Crippen molar-refractivity contribution in [3.63, 3.8) is 0 Å². The molecule has 170 valence electrons. The number of pyridine rings is 1. The van der Waals surface area contributed by atoms with E-state index in [1.807, 2.05) is 17.0 Å². The highest BCUT2D eigenvalue weighted by molar-refractivity contribution is 5.97. The third-order valence-electron chi connectivity index (χ3n) is 7.59.